The third-order valence-corrected chi connectivity index (χ3v) is 4.07. The number of rotatable bonds is 5. The zero-order chi connectivity index (χ0) is 14.6. The lowest BCUT2D eigenvalue weighted by Gasteiger charge is -2.33. The molecular formula is C15H25N3O2. The Morgan fingerprint density at radius 3 is 2.75 bits per heavy atom. The highest BCUT2D eigenvalue weighted by molar-refractivity contribution is 5.75. The number of amides is 1. The van der Waals surface area contributed by atoms with Gasteiger partial charge in [-0.2, -0.15) is 5.10 Å². The highest BCUT2D eigenvalue weighted by Crippen LogP contribution is 2.28. The number of aromatic nitrogens is 2. The Hall–Kier alpha value is -1.36. The molecule has 0 atom stereocenters. The number of ether oxygens (including phenoxy) is 1. The van der Waals surface area contributed by atoms with Gasteiger partial charge in [0, 0.05) is 38.4 Å². The fourth-order valence-electron chi connectivity index (χ4n) is 2.55. The summed E-state index contributed by atoms with van der Waals surface area (Å²) in [5.41, 5.74) is 2.29. The minimum absolute atomic E-state index is 0.102. The van der Waals surface area contributed by atoms with E-state index in [9.17, 15) is 4.79 Å². The summed E-state index contributed by atoms with van der Waals surface area (Å²) in [7, 11) is 0. The van der Waals surface area contributed by atoms with Crippen molar-refractivity contribution in [3.63, 3.8) is 0 Å². The molecule has 1 fully saturated rings. The van der Waals surface area contributed by atoms with Crippen molar-refractivity contribution in [2.24, 2.45) is 5.41 Å². The third kappa shape index (κ3) is 4.07. The number of hydrogen-bond acceptors (Lipinski definition) is 3. The van der Waals surface area contributed by atoms with Crippen LogP contribution < -0.4 is 5.32 Å². The second-order valence-corrected chi connectivity index (χ2v) is 6.10. The van der Waals surface area contributed by atoms with E-state index in [1.165, 1.54) is 0 Å². The first-order valence-corrected chi connectivity index (χ1v) is 7.34. The maximum Gasteiger partial charge on any atom is 0.221 e. The maximum atomic E-state index is 11.9. The topological polar surface area (TPSA) is 56.2 Å². The Labute approximate surface area is 120 Å². The molecule has 0 radical (unpaired) electrons. The first-order valence-electron chi connectivity index (χ1n) is 7.34. The maximum absolute atomic E-state index is 11.9. The van der Waals surface area contributed by atoms with Crippen LogP contribution in [-0.2, 0) is 16.1 Å². The summed E-state index contributed by atoms with van der Waals surface area (Å²) in [6, 6.07) is 2.03. The van der Waals surface area contributed by atoms with E-state index < -0.39 is 0 Å². The average Bonchev–Trinajstić information content (AvgIpc) is 2.73. The van der Waals surface area contributed by atoms with E-state index in [1.54, 1.807) is 0 Å². The van der Waals surface area contributed by atoms with Crippen LogP contribution in [0.15, 0.2) is 6.07 Å². The van der Waals surface area contributed by atoms with Crippen molar-refractivity contribution in [2.75, 3.05) is 19.8 Å². The van der Waals surface area contributed by atoms with Crippen molar-refractivity contribution in [3.05, 3.63) is 17.5 Å². The Morgan fingerprint density at radius 2 is 2.15 bits per heavy atom. The summed E-state index contributed by atoms with van der Waals surface area (Å²) in [6.45, 7) is 9.20. The van der Waals surface area contributed by atoms with E-state index in [1.807, 2.05) is 24.6 Å². The molecule has 5 heteroatoms. The van der Waals surface area contributed by atoms with E-state index >= 15 is 0 Å². The Kier molecular flexibility index (Phi) is 4.81. The number of carbonyl (C=O) groups is 1. The molecule has 1 aliphatic heterocycles. The summed E-state index contributed by atoms with van der Waals surface area (Å²) >= 11 is 0. The first kappa shape index (κ1) is 15.0. The minimum Gasteiger partial charge on any atom is -0.381 e. The van der Waals surface area contributed by atoms with Crippen LogP contribution in [0, 0.1) is 19.3 Å². The van der Waals surface area contributed by atoms with Gasteiger partial charge in [0.25, 0.3) is 0 Å². The Morgan fingerprint density at radius 1 is 1.45 bits per heavy atom. The number of nitrogens with one attached hydrogen (secondary N) is 1. The fraction of sp³-hybridized carbons (Fsp3) is 0.733. The number of hydrogen-bond donors (Lipinski definition) is 1. The smallest absolute Gasteiger partial charge is 0.221 e. The molecule has 1 aromatic heterocycles. The van der Waals surface area contributed by atoms with Gasteiger partial charge in [-0.15, -0.1) is 0 Å². The lowest BCUT2D eigenvalue weighted by atomic mass is 9.82. The molecular weight excluding hydrogens is 254 g/mol. The zero-order valence-electron chi connectivity index (χ0n) is 12.7. The van der Waals surface area contributed by atoms with E-state index in [-0.39, 0.29) is 11.3 Å². The summed E-state index contributed by atoms with van der Waals surface area (Å²) in [6.07, 6.45) is 2.52. The lowest BCUT2D eigenvalue weighted by molar-refractivity contribution is -0.122. The van der Waals surface area contributed by atoms with Crippen molar-refractivity contribution in [1.29, 1.82) is 0 Å². The van der Waals surface area contributed by atoms with Gasteiger partial charge in [0.2, 0.25) is 5.91 Å². The SMILES string of the molecule is Cc1cc(C)n(CCC(=O)NCC2(C)CCOCC2)n1. The van der Waals surface area contributed by atoms with Crippen molar-refractivity contribution in [2.45, 2.75) is 46.6 Å². The van der Waals surface area contributed by atoms with Gasteiger partial charge in [0.05, 0.1) is 5.69 Å². The van der Waals surface area contributed by atoms with Crippen LogP contribution in [-0.4, -0.2) is 35.4 Å². The molecule has 0 saturated carbocycles. The van der Waals surface area contributed by atoms with Gasteiger partial charge in [0.1, 0.15) is 0 Å². The molecule has 0 bridgehead atoms. The van der Waals surface area contributed by atoms with Gasteiger partial charge in [-0.25, -0.2) is 0 Å². The first-order chi connectivity index (χ1) is 9.48. The van der Waals surface area contributed by atoms with Crippen LogP contribution in [0.2, 0.25) is 0 Å². The minimum atomic E-state index is 0.102. The van der Waals surface area contributed by atoms with Crippen molar-refractivity contribution >= 4 is 5.91 Å². The van der Waals surface area contributed by atoms with Gasteiger partial charge in [-0.1, -0.05) is 6.92 Å². The summed E-state index contributed by atoms with van der Waals surface area (Å²) in [4.78, 5) is 11.9. The Bertz CT molecular complexity index is 462. The molecule has 0 unspecified atom stereocenters. The highest BCUT2D eigenvalue weighted by atomic mass is 16.5. The number of aryl methyl sites for hydroxylation is 3. The number of nitrogens with zero attached hydrogens (tertiary/aromatic N) is 2. The van der Waals surface area contributed by atoms with Crippen molar-refractivity contribution < 1.29 is 9.53 Å². The molecule has 1 saturated heterocycles. The highest BCUT2D eigenvalue weighted by Gasteiger charge is 2.27. The predicted octanol–water partition coefficient (Wildman–Crippen LogP) is 1.82. The van der Waals surface area contributed by atoms with E-state index in [0.717, 1.165) is 44.0 Å². The van der Waals surface area contributed by atoms with Gasteiger partial charge in [-0.05, 0) is 38.2 Å². The molecule has 2 heterocycles. The second kappa shape index (κ2) is 6.39. The molecule has 1 aromatic rings. The van der Waals surface area contributed by atoms with Gasteiger partial charge in [-0.3, -0.25) is 9.48 Å². The molecule has 1 N–H and O–H groups in total. The van der Waals surface area contributed by atoms with Crippen LogP contribution in [0.25, 0.3) is 0 Å². The molecule has 0 spiro atoms. The monoisotopic (exact) mass is 279 g/mol. The van der Waals surface area contributed by atoms with Crippen LogP contribution in [0.5, 0.6) is 0 Å². The number of carbonyl (C=O) groups excluding carboxylic acids is 1. The molecule has 5 nitrogen and oxygen atoms in total. The molecule has 112 valence electrons. The largest absolute Gasteiger partial charge is 0.381 e. The van der Waals surface area contributed by atoms with Gasteiger partial charge >= 0.3 is 0 Å². The summed E-state index contributed by atoms with van der Waals surface area (Å²) in [5, 5.41) is 7.42. The fourth-order valence-corrected chi connectivity index (χ4v) is 2.55. The molecule has 1 amide bonds. The molecule has 2 rings (SSSR count). The second-order valence-electron chi connectivity index (χ2n) is 6.10. The normalized spacial score (nSPS) is 17.9. The summed E-state index contributed by atoms with van der Waals surface area (Å²) < 4.78 is 7.26. The quantitative estimate of drug-likeness (QED) is 0.894. The lowest BCUT2D eigenvalue weighted by Crippen LogP contribution is -2.39. The summed E-state index contributed by atoms with van der Waals surface area (Å²) in [5.74, 6) is 0.102. The van der Waals surface area contributed by atoms with Crippen molar-refractivity contribution in [1.82, 2.24) is 15.1 Å². The van der Waals surface area contributed by atoms with Gasteiger partial charge in [0.15, 0.2) is 0 Å². The van der Waals surface area contributed by atoms with Crippen LogP contribution in [0.4, 0.5) is 0 Å². The zero-order valence-corrected chi connectivity index (χ0v) is 12.7. The standard InChI is InChI=1S/C15H25N3O2/c1-12-10-13(2)18(17-12)7-4-14(19)16-11-15(3)5-8-20-9-6-15/h10H,4-9,11H2,1-3H3,(H,16,19). The van der Waals surface area contributed by atoms with Gasteiger partial charge < -0.3 is 10.1 Å². The van der Waals surface area contributed by atoms with E-state index in [4.69, 9.17) is 4.74 Å². The molecule has 0 aromatic carbocycles. The Balaban J connectivity index is 1.74. The van der Waals surface area contributed by atoms with Crippen LogP contribution in [0.1, 0.15) is 37.6 Å². The van der Waals surface area contributed by atoms with Crippen LogP contribution >= 0.6 is 0 Å². The third-order valence-electron chi connectivity index (χ3n) is 4.07. The van der Waals surface area contributed by atoms with E-state index in [0.29, 0.717) is 13.0 Å². The van der Waals surface area contributed by atoms with Crippen LogP contribution in [0.3, 0.4) is 0 Å². The molecule has 20 heavy (non-hydrogen) atoms. The van der Waals surface area contributed by atoms with Crippen molar-refractivity contribution in [3.8, 4) is 0 Å². The average molecular weight is 279 g/mol. The molecule has 1 aliphatic rings. The molecule has 0 aliphatic carbocycles. The predicted molar refractivity (Wildman–Crippen MR) is 77.5 cm³/mol. The van der Waals surface area contributed by atoms with E-state index in [2.05, 4.69) is 17.3 Å².